The molecule has 8 nitrogen and oxygen atoms in total. The molecule has 0 radical (unpaired) electrons. The summed E-state index contributed by atoms with van der Waals surface area (Å²) in [4.78, 5) is 17.6. The number of piperidine rings is 1. The second kappa shape index (κ2) is 10.7. The molecule has 1 aliphatic rings. The average molecular weight is 500 g/mol. The van der Waals surface area contributed by atoms with Crippen molar-refractivity contribution in [3.05, 3.63) is 59.7 Å². The van der Waals surface area contributed by atoms with E-state index in [1.165, 1.54) is 16.1 Å². The topological polar surface area (TPSA) is 108 Å². The van der Waals surface area contributed by atoms with Crippen LogP contribution in [-0.4, -0.2) is 59.2 Å². The van der Waals surface area contributed by atoms with Crippen LogP contribution in [0, 0.1) is 19.8 Å². The summed E-state index contributed by atoms with van der Waals surface area (Å²) in [5.74, 6) is 0.863. The zero-order chi connectivity index (χ0) is 24.1. The Labute approximate surface area is 204 Å². The molecule has 0 saturated carbocycles. The standard InChI is InChI=1S/C24H29N5O3S2/c1-17-10-11-18(2)21(15-17)34(31,32)29-13-6-9-20(16-29)23(30)25-12-14-33-24-26-22(27-28-24)19-7-4-3-5-8-19/h3-5,7-8,10-11,15,20H,6,9,12-14,16H2,1-2H3,(H,25,30)(H,26,27,28)/t20-/m0/s1. The minimum Gasteiger partial charge on any atom is -0.355 e. The van der Waals surface area contributed by atoms with Crippen molar-refractivity contribution in [2.75, 3.05) is 25.4 Å². The molecule has 1 atom stereocenters. The third-order valence-electron chi connectivity index (χ3n) is 5.86. The van der Waals surface area contributed by atoms with Gasteiger partial charge in [-0.15, -0.1) is 5.10 Å². The Morgan fingerprint density at radius 2 is 2.00 bits per heavy atom. The first-order valence-electron chi connectivity index (χ1n) is 11.3. The van der Waals surface area contributed by atoms with Crippen LogP contribution >= 0.6 is 11.8 Å². The second-order valence-corrected chi connectivity index (χ2v) is 11.4. The van der Waals surface area contributed by atoms with E-state index in [-0.39, 0.29) is 18.4 Å². The number of hydrogen-bond donors (Lipinski definition) is 2. The number of thioether (sulfide) groups is 1. The van der Waals surface area contributed by atoms with E-state index >= 15 is 0 Å². The molecule has 2 aromatic carbocycles. The van der Waals surface area contributed by atoms with Gasteiger partial charge in [0.05, 0.1) is 10.8 Å². The fourth-order valence-electron chi connectivity index (χ4n) is 4.00. The Morgan fingerprint density at radius 3 is 2.79 bits per heavy atom. The molecule has 180 valence electrons. The first kappa shape index (κ1) is 24.4. The monoisotopic (exact) mass is 499 g/mol. The quantitative estimate of drug-likeness (QED) is 0.363. The Hall–Kier alpha value is -2.69. The molecular weight excluding hydrogens is 470 g/mol. The van der Waals surface area contributed by atoms with Crippen LogP contribution in [0.5, 0.6) is 0 Å². The van der Waals surface area contributed by atoms with Crippen molar-refractivity contribution in [1.29, 1.82) is 0 Å². The lowest BCUT2D eigenvalue weighted by atomic mass is 9.99. The number of rotatable bonds is 8. The number of sulfonamides is 1. The van der Waals surface area contributed by atoms with Crippen molar-refractivity contribution < 1.29 is 13.2 Å². The second-order valence-electron chi connectivity index (χ2n) is 8.44. The summed E-state index contributed by atoms with van der Waals surface area (Å²) in [7, 11) is -3.63. The normalized spacial score (nSPS) is 16.9. The largest absolute Gasteiger partial charge is 0.355 e. The summed E-state index contributed by atoms with van der Waals surface area (Å²) in [6.45, 7) is 4.78. The van der Waals surface area contributed by atoms with Gasteiger partial charge in [-0.1, -0.05) is 54.2 Å². The van der Waals surface area contributed by atoms with Crippen molar-refractivity contribution in [1.82, 2.24) is 24.8 Å². The Balaban J connectivity index is 1.28. The molecule has 4 rings (SSSR count). The number of nitrogens with zero attached hydrogens (tertiary/aromatic N) is 3. The van der Waals surface area contributed by atoms with E-state index in [1.54, 1.807) is 13.0 Å². The van der Waals surface area contributed by atoms with Crippen molar-refractivity contribution >= 4 is 27.7 Å². The van der Waals surface area contributed by atoms with E-state index in [1.807, 2.05) is 49.4 Å². The first-order chi connectivity index (χ1) is 16.3. The first-order valence-corrected chi connectivity index (χ1v) is 13.7. The summed E-state index contributed by atoms with van der Waals surface area (Å²) in [5.41, 5.74) is 2.58. The molecule has 1 amide bonds. The van der Waals surface area contributed by atoms with Gasteiger partial charge >= 0.3 is 0 Å². The van der Waals surface area contributed by atoms with Gasteiger partial charge in [0.2, 0.25) is 21.1 Å². The van der Waals surface area contributed by atoms with Gasteiger partial charge in [-0.05, 0) is 43.9 Å². The third-order valence-corrected chi connectivity index (χ3v) is 8.72. The number of carbonyl (C=O) groups excluding carboxylic acids is 1. The highest BCUT2D eigenvalue weighted by molar-refractivity contribution is 7.99. The molecule has 0 bridgehead atoms. The highest BCUT2D eigenvalue weighted by Gasteiger charge is 2.34. The number of aromatic amines is 1. The Bertz CT molecular complexity index is 1240. The van der Waals surface area contributed by atoms with Crippen LogP contribution in [0.1, 0.15) is 24.0 Å². The van der Waals surface area contributed by atoms with Crippen LogP contribution in [0.4, 0.5) is 0 Å². The average Bonchev–Trinajstić information content (AvgIpc) is 3.33. The van der Waals surface area contributed by atoms with Gasteiger partial charge in [0, 0.05) is 31.0 Å². The minimum absolute atomic E-state index is 0.110. The van der Waals surface area contributed by atoms with Gasteiger partial charge in [0.15, 0.2) is 5.82 Å². The molecular formula is C24H29N5O3S2. The summed E-state index contributed by atoms with van der Waals surface area (Å²) in [6.07, 6.45) is 1.34. The number of hydrogen-bond acceptors (Lipinski definition) is 6. The molecule has 0 spiro atoms. The van der Waals surface area contributed by atoms with Gasteiger partial charge in [0.1, 0.15) is 0 Å². The minimum atomic E-state index is -3.63. The Kier molecular flexibility index (Phi) is 7.70. The van der Waals surface area contributed by atoms with E-state index in [2.05, 4.69) is 20.5 Å². The number of carbonyl (C=O) groups is 1. The number of nitrogens with one attached hydrogen (secondary N) is 2. The van der Waals surface area contributed by atoms with Gasteiger partial charge < -0.3 is 5.32 Å². The number of aryl methyl sites for hydroxylation is 2. The van der Waals surface area contributed by atoms with Crippen LogP contribution in [0.25, 0.3) is 11.4 Å². The summed E-state index contributed by atoms with van der Waals surface area (Å²) < 4.78 is 27.9. The lowest BCUT2D eigenvalue weighted by Gasteiger charge is -2.31. The molecule has 1 fully saturated rings. The maximum Gasteiger partial charge on any atom is 0.243 e. The molecule has 0 unspecified atom stereocenters. The predicted molar refractivity (Wildman–Crippen MR) is 133 cm³/mol. The number of H-pyrrole nitrogens is 1. The highest BCUT2D eigenvalue weighted by atomic mass is 32.2. The summed E-state index contributed by atoms with van der Waals surface area (Å²) >= 11 is 1.46. The molecule has 2 N–H and O–H groups in total. The molecule has 1 saturated heterocycles. The van der Waals surface area contributed by atoms with Crippen molar-refractivity contribution in [2.24, 2.45) is 5.92 Å². The molecule has 1 aliphatic heterocycles. The fraction of sp³-hybridized carbons (Fsp3) is 0.375. The zero-order valence-corrected chi connectivity index (χ0v) is 21.0. The van der Waals surface area contributed by atoms with Crippen LogP contribution in [0.3, 0.4) is 0 Å². The number of aromatic nitrogens is 3. The van der Waals surface area contributed by atoms with E-state index in [4.69, 9.17) is 0 Å². The van der Waals surface area contributed by atoms with E-state index < -0.39 is 10.0 Å². The van der Waals surface area contributed by atoms with Gasteiger partial charge in [-0.2, -0.15) is 4.31 Å². The van der Waals surface area contributed by atoms with Crippen molar-refractivity contribution in [2.45, 2.75) is 36.7 Å². The molecule has 0 aliphatic carbocycles. The highest BCUT2D eigenvalue weighted by Crippen LogP contribution is 2.26. The maximum absolute atomic E-state index is 13.2. The van der Waals surface area contributed by atoms with E-state index in [9.17, 15) is 13.2 Å². The number of benzene rings is 2. The predicted octanol–water partition coefficient (Wildman–Crippen LogP) is 3.40. The number of amides is 1. The van der Waals surface area contributed by atoms with E-state index in [0.29, 0.717) is 47.6 Å². The molecule has 10 heteroatoms. The molecule has 1 aromatic heterocycles. The smallest absolute Gasteiger partial charge is 0.243 e. The lowest BCUT2D eigenvalue weighted by Crippen LogP contribution is -2.45. The van der Waals surface area contributed by atoms with Gasteiger partial charge in [-0.25, -0.2) is 13.4 Å². The summed E-state index contributed by atoms with van der Waals surface area (Å²) in [5, 5.41) is 10.7. The van der Waals surface area contributed by atoms with Crippen molar-refractivity contribution in [3.63, 3.8) is 0 Å². The van der Waals surface area contributed by atoms with Crippen LogP contribution in [-0.2, 0) is 14.8 Å². The van der Waals surface area contributed by atoms with Gasteiger partial charge in [-0.3, -0.25) is 9.89 Å². The molecule has 2 heterocycles. The van der Waals surface area contributed by atoms with E-state index in [0.717, 1.165) is 16.7 Å². The third kappa shape index (κ3) is 5.68. The molecule has 34 heavy (non-hydrogen) atoms. The van der Waals surface area contributed by atoms with Crippen LogP contribution < -0.4 is 5.32 Å². The SMILES string of the molecule is Cc1ccc(C)c(S(=O)(=O)N2CCC[C@H](C(=O)NCCSc3n[nH]c(-c4ccccc4)n3)C2)c1. The lowest BCUT2D eigenvalue weighted by molar-refractivity contribution is -0.125. The summed E-state index contributed by atoms with van der Waals surface area (Å²) in [6, 6.07) is 15.2. The zero-order valence-electron chi connectivity index (χ0n) is 19.3. The fourth-order valence-corrected chi connectivity index (χ4v) is 6.48. The molecule has 3 aromatic rings. The maximum atomic E-state index is 13.2. The van der Waals surface area contributed by atoms with Crippen molar-refractivity contribution in [3.8, 4) is 11.4 Å². The van der Waals surface area contributed by atoms with Crippen LogP contribution in [0.15, 0.2) is 58.6 Å². The Morgan fingerprint density at radius 1 is 1.21 bits per heavy atom. The van der Waals surface area contributed by atoms with Crippen LogP contribution in [0.2, 0.25) is 0 Å². The van der Waals surface area contributed by atoms with Gasteiger partial charge in [0.25, 0.3) is 0 Å².